The summed E-state index contributed by atoms with van der Waals surface area (Å²) in [6.07, 6.45) is 0. The van der Waals surface area contributed by atoms with E-state index in [9.17, 15) is 14.9 Å². The predicted molar refractivity (Wildman–Crippen MR) is 75.4 cm³/mol. The molecule has 0 unspecified atom stereocenters. The second kappa shape index (κ2) is 7.40. The topological polar surface area (TPSA) is 98.3 Å². The van der Waals surface area contributed by atoms with Crippen LogP contribution in [0.3, 0.4) is 0 Å². The monoisotopic (exact) mass is 307 g/mol. The molecule has 0 aliphatic rings. The van der Waals surface area contributed by atoms with E-state index in [-0.39, 0.29) is 16.1 Å². The molecule has 1 aromatic rings. The average molecular weight is 308 g/mol. The number of halogens is 2. The summed E-state index contributed by atoms with van der Waals surface area (Å²) in [5.41, 5.74) is 2.02. The molecule has 0 saturated carbocycles. The molecule has 0 amide bonds. The molecule has 3 N–H and O–H groups in total. The molecule has 8 heteroatoms. The number of benzene rings is 1. The van der Waals surface area contributed by atoms with E-state index in [1.54, 1.807) is 0 Å². The van der Waals surface area contributed by atoms with Crippen LogP contribution in [0.5, 0.6) is 0 Å². The van der Waals surface area contributed by atoms with Gasteiger partial charge in [-0.1, -0.05) is 17.7 Å². The quantitative estimate of drug-likeness (QED) is 0.379. The molecule has 106 valence electrons. The summed E-state index contributed by atoms with van der Waals surface area (Å²) >= 11 is 10.6. The normalized spacial score (nSPS) is 10.4. The van der Waals surface area contributed by atoms with Crippen LogP contribution in [0.15, 0.2) is 18.2 Å². The third-order valence-corrected chi connectivity index (χ3v) is 2.32. The first kappa shape index (κ1) is 17.8. The lowest BCUT2D eigenvalue weighted by Gasteiger charge is -2.14. The first-order valence-corrected chi connectivity index (χ1v) is 5.96. The third kappa shape index (κ3) is 6.49. The van der Waals surface area contributed by atoms with Gasteiger partial charge in [0.2, 0.25) is 0 Å². The van der Waals surface area contributed by atoms with Crippen molar-refractivity contribution >= 4 is 34.1 Å². The van der Waals surface area contributed by atoms with Crippen molar-refractivity contribution in [2.24, 2.45) is 5.84 Å². The fourth-order valence-corrected chi connectivity index (χ4v) is 1.26. The Balaban J connectivity index is 0.000000459. The number of nitrogens with two attached hydrogens (primary N) is 1. The number of hydrazine groups is 1. The van der Waals surface area contributed by atoms with Crippen molar-refractivity contribution in [1.29, 1.82) is 0 Å². The van der Waals surface area contributed by atoms with Gasteiger partial charge in [0.15, 0.2) is 0 Å². The van der Waals surface area contributed by atoms with Crippen LogP contribution in [0.4, 0.5) is 5.69 Å². The molecule has 0 bridgehead atoms. The Bertz CT molecular complexity index is 473. The van der Waals surface area contributed by atoms with Crippen molar-refractivity contribution in [2.45, 2.75) is 26.3 Å². The second-order valence-corrected chi connectivity index (χ2v) is 5.31. The van der Waals surface area contributed by atoms with E-state index in [0.717, 1.165) is 0 Å². The van der Waals surface area contributed by atoms with Gasteiger partial charge in [-0.3, -0.25) is 26.2 Å². The third-order valence-electron chi connectivity index (χ3n) is 1.81. The molecule has 6 nitrogen and oxygen atoms in total. The van der Waals surface area contributed by atoms with Crippen LogP contribution in [-0.4, -0.2) is 15.7 Å². The molecule has 1 aromatic carbocycles. The summed E-state index contributed by atoms with van der Waals surface area (Å²) < 4.78 is 0. The highest BCUT2D eigenvalue weighted by Gasteiger charge is 2.21. The Hall–Kier alpha value is -1.21. The Morgan fingerprint density at radius 3 is 2.16 bits per heavy atom. The van der Waals surface area contributed by atoms with Gasteiger partial charge in [0.1, 0.15) is 10.6 Å². The van der Waals surface area contributed by atoms with Crippen LogP contribution in [-0.2, 0) is 0 Å². The maximum absolute atomic E-state index is 10.7. The van der Waals surface area contributed by atoms with E-state index in [0.29, 0.717) is 0 Å². The summed E-state index contributed by atoms with van der Waals surface area (Å²) in [5, 5.41) is 9.46. The van der Waals surface area contributed by atoms with Gasteiger partial charge < -0.3 is 0 Å². The van der Waals surface area contributed by atoms with Crippen molar-refractivity contribution in [3.63, 3.8) is 0 Å². The Morgan fingerprint density at radius 1 is 1.42 bits per heavy atom. The first-order chi connectivity index (χ1) is 8.60. The molecule has 0 saturated heterocycles. The number of hydrogen-bond donors (Lipinski definition) is 2. The van der Waals surface area contributed by atoms with Crippen molar-refractivity contribution in [3.8, 4) is 0 Å². The molecule has 0 aliphatic carbocycles. The molecule has 19 heavy (non-hydrogen) atoms. The number of nitro groups is 1. The Morgan fingerprint density at radius 2 is 1.89 bits per heavy atom. The number of rotatable bonds is 2. The van der Waals surface area contributed by atoms with Crippen LogP contribution in [0.1, 0.15) is 31.1 Å². The standard InChI is InChI=1S/C7H3Cl2NO3.C4H12N2/c8-5-3-1-2-4(7(9)11)6(5)10(12)13;1-4(2,3)6-5/h1-3H;6H,5H2,1-3H3. The number of carbonyl (C=O) groups is 1. The molecular weight excluding hydrogens is 293 g/mol. The number of nitro benzene ring substituents is 1. The van der Waals surface area contributed by atoms with E-state index >= 15 is 0 Å². The predicted octanol–water partition coefficient (Wildman–Crippen LogP) is 2.88. The lowest BCUT2D eigenvalue weighted by atomic mass is 10.1. The van der Waals surface area contributed by atoms with Gasteiger partial charge in [-0.15, -0.1) is 0 Å². The number of para-hydroxylation sites is 1. The Kier molecular flexibility index (Phi) is 6.93. The van der Waals surface area contributed by atoms with Crippen molar-refractivity contribution < 1.29 is 9.72 Å². The molecule has 0 radical (unpaired) electrons. The molecule has 0 aliphatic heterocycles. The highest BCUT2D eigenvalue weighted by Crippen LogP contribution is 2.28. The molecule has 1 rings (SSSR count). The van der Waals surface area contributed by atoms with Crippen LogP contribution in [0, 0.1) is 10.1 Å². The van der Waals surface area contributed by atoms with Gasteiger partial charge in [-0.2, -0.15) is 0 Å². The summed E-state index contributed by atoms with van der Waals surface area (Å²) in [5.74, 6) is 5.06. The number of nitrogens with zero attached hydrogens (tertiary/aromatic N) is 1. The lowest BCUT2D eigenvalue weighted by molar-refractivity contribution is -0.384. The molecule has 0 fully saturated rings. The van der Waals surface area contributed by atoms with Crippen molar-refractivity contribution in [2.75, 3.05) is 0 Å². The van der Waals surface area contributed by atoms with Gasteiger partial charge >= 0.3 is 0 Å². The second-order valence-electron chi connectivity index (χ2n) is 4.56. The number of hydrogen-bond acceptors (Lipinski definition) is 5. The van der Waals surface area contributed by atoms with E-state index in [1.807, 2.05) is 20.8 Å². The molecular formula is C11H15Cl2N3O3. The fraction of sp³-hybridized carbons (Fsp3) is 0.364. The number of carbonyl (C=O) groups excluding carboxylic acids is 1. The summed E-state index contributed by atoms with van der Waals surface area (Å²) in [4.78, 5) is 20.4. The van der Waals surface area contributed by atoms with Gasteiger partial charge in [0, 0.05) is 5.54 Å². The number of nitrogens with one attached hydrogen (secondary N) is 1. The summed E-state index contributed by atoms with van der Waals surface area (Å²) in [6.45, 7) is 6.02. The summed E-state index contributed by atoms with van der Waals surface area (Å²) in [6, 6.07) is 3.99. The van der Waals surface area contributed by atoms with Gasteiger partial charge in [-0.25, -0.2) is 0 Å². The molecule has 0 aromatic heterocycles. The highest BCUT2D eigenvalue weighted by atomic mass is 35.5. The minimum absolute atomic E-state index is 0.0694. The average Bonchev–Trinajstić information content (AvgIpc) is 2.27. The van der Waals surface area contributed by atoms with E-state index in [1.165, 1.54) is 18.2 Å². The summed E-state index contributed by atoms with van der Waals surface area (Å²) in [7, 11) is 0. The molecule has 0 atom stereocenters. The van der Waals surface area contributed by atoms with Crippen LogP contribution < -0.4 is 11.3 Å². The van der Waals surface area contributed by atoms with Gasteiger partial charge in [0.05, 0.1) is 4.92 Å². The minimum Gasteiger partial charge on any atom is -0.275 e. The molecule has 0 spiro atoms. The van der Waals surface area contributed by atoms with Crippen LogP contribution in [0.2, 0.25) is 5.02 Å². The zero-order chi connectivity index (χ0) is 15.2. The molecule has 0 heterocycles. The highest BCUT2D eigenvalue weighted by molar-refractivity contribution is 6.68. The maximum atomic E-state index is 10.7. The zero-order valence-electron chi connectivity index (χ0n) is 10.7. The SMILES string of the molecule is CC(C)(C)NN.O=C(Cl)c1cccc(Cl)c1[N+](=O)[O-]. The van der Waals surface area contributed by atoms with E-state index in [2.05, 4.69) is 5.43 Å². The first-order valence-electron chi connectivity index (χ1n) is 5.20. The van der Waals surface area contributed by atoms with Gasteiger partial charge in [-0.05, 0) is 44.5 Å². The van der Waals surface area contributed by atoms with Crippen molar-refractivity contribution in [1.82, 2.24) is 5.43 Å². The van der Waals surface area contributed by atoms with Crippen LogP contribution >= 0.6 is 23.2 Å². The van der Waals surface area contributed by atoms with Crippen LogP contribution in [0.25, 0.3) is 0 Å². The van der Waals surface area contributed by atoms with Crippen molar-refractivity contribution in [3.05, 3.63) is 38.9 Å². The smallest absolute Gasteiger partial charge is 0.275 e. The van der Waals surface area contributed by atoms with E-state index < -0.39 is 15.9 Å². The largest absolute Gasteiger partial charge is 0.299 e. The van der Waals surface area contributed by atoms with Gasteiger partial charge in [0.25, 0.3) is 10.9 Å². The maximum Gasteiger partial charge on any atom is 0.299 e. The lowest BCUT2D eigenvalue weighted by Crippen LogP contribution is -2.41. The fourth-order valence-electron chi connectivity index (χ4n) is 0.860. The van der Waals surface area contributed by atoms with E-state index in [4.69, 9.17) is 29.0 Å². The minimum atomic E-state index is -0.894. The Labute approximate surface area is 121 Å². The zero-order valence-corrected chi connectivity index (χ0v) is 12.2.